The van der Waals surface area contributed by atoms with Crippen molar-refractivity contribution in [2.45, 2.75) is 32.2 Å². The lowest BCUT2D eigenvalue weighted by Gasteiger charge is -2.21. The molecule has 0 unspecified atom stereocenters. The Kier molecular flexibility index (Phi) is 6.99. The molecule has 0 saturated heterocycles. The van der Waals surface area contributed by atoms with E-state index in [2.05, 4.69) is 15.3 Å². The Labute approximate surface area is 205 Å². The van der Waals surface area contributed by atoms with Crippen molar-refractivity contribution in [1.82, 2.24) is 14.3 Å². The summed E-state index contributed by atoms with van der Waals surface area (Å²) < 4.78 is 39.2. The van der Waals surface area contributed by atoms with Crippen LogP contribution in [-0.2, 0) is 16.7 Å². The number of rotatable bonds is 10. The van der Waals surface area contributed by atoms with Crippen molar-refractivity contribution < 1.29 is 17.3 Å². The second-order valence-electron chi connectivity index (χ2n) is 8.33. The molecule has 11 heteroatoms. The van der Waals surface area contributed by atoms with Crippen LogP contribution in [0.3, 0.4) is 0 Å². The molecule has 4 rings (SSSR count). The Morgan fingerprint density at radius 1 is 1.14 bits per heavy atom. The molecule has 3 aromatic rings. The molecular formula is C24H30N6O4S. The van der Waals surface area contributed by atoms with Gasteiger partial charge in [0, 0.05) is 44.0 Å². The zero-order valence-electron chi connectivity index (χ0n) is 20.0. The van der Waals surface area contributed by atoms with Crippen molar-refractivity contribution in [3.63, 3.8) is 0 Å². The summed E-state index contributed by atoms with van der Waals surface area (Å²) >= 11 is 0. The molecule has 186 valence electrons. The predicted octanol–water partition coefficient (Wildman–Crippen LogP) is 3.06. The van der Waals surface area contributed by atoms with Crippen molar-refractivity contribution in [3.8, 4) is 22.6 Å². The van der Waals surface area contributed by atoms with Crippen LogP contribution in [0.25, 0.3) is 11.1 Å². The molecule has 0 aliphatic heterocycles. The molecule has 1 aliphatic rings. The topological polar surface area (TPSA) is 146 Å². The van der Waals surface area contributed by atoms with Crippen LogP contribution < -0.4 is 25.7 Å². The molecule has 10 nitrogen and oxygen atoms in total. The molecule has 1 aromatic heterocycles. The lowest BCUT2D eigenvalue weighted by Crippen LogP contribution is -2.32. The second kappa shape index (κ2) is 9.96. The van der Waals surface area contributed by atoms with Crippen molar-refractivity contribution in [2.24, 2.45) is 0 Å². The summed E-state index contributed by atoms with van der Waals surface area (Å²) in [5.41, 5.74) is 15.3. The van der Waals surface area contributed by atoms with Crippen LogP contribution >= 0.6 is 0 Å². The first-order valence-electron chi connectivity index (χ1n) is 11.3. The van der Waals surface area contributed by atoms with Gasteiger partial charge in [-0.1, -0.05) is 12.1 Å². The van der Waals surface area contributed by atoms with Gasteiger partial charge in [0.1, 0.15) is 11.6 Å². The first kappa shape index (κ1) is 24.6. The van der Waals surface area contributed by atoms with Gasteiger partial charge >= 0.3 is 10.3 Å². The van der Waals surface area contributed by atoms with Gasteiger partial charge in [0.15, 0.2) is 5.75 Å². The molecule has 2 aromatic carbocycles. The largest absolute Gasteiger partial charge is 0.493 e. The number of hydrogen-bond acceptors (Lipinski definition) is 9. The highest BCUT2D eigenvalue weighted by Gasteiger charge is 2.36. The normalized spacial score (nSPS) is 13.6. The summed E-state index contributed by atoms with van der Waals surface area (Å²) in [6, 6.07) is 11.1. The molecule has 35 heavy (non-hydrogen) atoms. The molecule has 0 spiro atoms. The van der Waals surface area contributed by atoms with Gasteiger partial charge in [-0.3, -0.25) is 0 Å². The Morgan fingerprint density at radius 3 is 2.43 bits per heavy atom. The molecule has 0 atom stereocenters. The maximum absolute atomic E-state index is 13.1. The van der Waals surface area contributed by atoms with Gasteiger partial charge in [0.25, 0.3) is 0 Å². The number of anilines is 3. The summed E-state index contributed by atoms with van der Waals surface area (Å²) in [6.07, 6.45) is 3.52. The third kappa shape index (κ3) is 5.57. The molecular weight excluding hydrogens is 468 g/mol. The maximum atomic E-state index is 13.1. The highest BCUT2D eigenvalue weighted by Crippen LogP contribution is 2.42. The smallest absolute Gasteiger partial charge is 0.385 e. The van der Waals surface area contributed by atoms with Gasteiger partial charge in [-0.2, -0.15) is 17.7 Å². The summed E-state index contributed by atoms with van der Waals surface area (Å²) in [5, 5.41) is 3.08. The fraction of sp³-hybridized carbons (Fsp3) is 0.333. The number of nitrogen functional groups attached to an aromatic ring is 2. The third-order valence-electron chi connectivity index (χ3n) is 5.81. The van der Waals surface area contributed by atoms with Crippen LogP contribution in [0, 0.1) is 0 Å². The van der Waals surface area contributed by atoms with Gasteiger partial charge in [0.05, 0.1) is 12.2 Å². The van der Waals surface area contributed by atoms with Gasteiger partial charge in [-0.05, 0) is 55.2 Å². The van der Waals surface area contributed by atoms with E-state index in [4.69, 9.17) is 20.4 Å². The van der Waals surface area contributed by atoms with Crippen LogP contribution in [0.2, 0.25) is 0 Å². The molecule has 1 fully saturated rings. The number of nitrogens with two attached hydrogens (primary N) is 2. The summed E-state index contributed by atoms with van der Waals surface area (Å²) in [7, 11) is -0.663. The molecule has 0 bridgehead atoms. The van der Waals surface area contributed by atoms with E-state index in [0.717, 1.165) is 29.7 Å². The van der Waals surface area contributed by atoms with E-state index in [1.165, 1.54) is 11.4 Å². The second-order valence-corrected chi connectivity index (χ2v) is 9.93. The fourth-order valence-electron chi connectivity index (χ4n) is 3.75. The van der Waals surface area contributed by atoms with E-state index < -0.39 is 10.3 Å². The zero-order valence-corrected chi connectivity index (χ0v) is 20.8. The van der Waals surface area contributed by atoms with Crippen molar-refractivity contribution in [2.75, 3.05) is 37.5 Å². The quantitative estimate of drug-likeness (QED) is 0.384. The minimum Gasteiger partial charge on any atom is -0.493 e. The van der Waals surface area contributed by atoms with Crippen LogP contribution in [0.1, 0.15) is 30.9 Å². The number of hydrogen-bond donors (Lipinski definition) is 3. The van der Waals surface area contributed by atoms with Crippen LogP contribution in [0.4, 0.5) is 17.5 Å². The number of nitrogens with one attached hydrogen (secondary N) is 1. The lowest BCUT2D eigenvalue weighted by molar-refractivity contribution is 0.339. The third-order valence-corrected chi connectivity index (χ3v) is 7.20. The van der Waals surface area contributed by atoms with Gasteiger partial charge in [-0.25, -0.2) is 4.98 Å². The minimum absolute atomic E-state index is 0.0420. The van der Waals surface area contributed by atoms with Crippen molar-refractivity contribution in [3.05, 3.63) is 53.7 Å². The molecule has 1 saturated carbocycles. The summed E-state index contributed by atoms with van der Waals surface area (Å²) in [5.74, 6) is 1.01. The monoisotopic (exact) mass is 498 g/mol. The Balaban J connectivity index is 1.83. The lowest BCUT2D eigenvalue weighted by atomic mass is 9.98. The van der Waals surface area contributed by atoms with Gasteiger partial charge in [-0.15, -0.1) is 0 Å². The van der Waals surface area contributed by atoms with Crippen LogP contribution in [0.5, 0.6) is 11.5 Å². The Bertz CT molecular complexity index is 1310. The van der Waals surface area contributed by atoms with Crippen LogP contribution in [-0.4, -0.2) is 49.4 Å². The fourth-order valence-corrected chi connectivity index (χ4v) is 4.80. The summed E-state index contributed by atoms with van der Waals surface area (Å²) in [6.45, 7) is 2.25. The number of nitrogens with zero attached hydrogens (tertiary/aromatic N) is 3. The first-order chi connectivity index (χ1) is 16.7. The molecule has 1 heterocycles. The van der Waals surface area contributed by atoms with Gasteiger partial charge in [0.2, 0.25) is 5.95 Å². The van der Waals surface area contributed by atoms with E-state index >= 15 is 0 Å². The molecule has 5 N–H and O–H groups in total. The Morgan fingerprint density at radius 2 is 1.83 bits per heavy atom. The standard InChI is InChI=1S/C24H30N6O4S/c1-4-33-20-12-15(11-17-14-28-24(26)29-23(17)25)13-21(34-35(31,32)30(3)19-9-10-19)22(20)16-5-7-18(27-2)8-6-16/h5-8,12-14,19,27H,4,9-11H2,1-3H3,(H4,25,26,28,29). The predicted molar refractivity (Wildman–Crippen MR) is 137 cm³/mol. The van der Waals surface area contributed by atoms with E-state index in [-0.39, 0.29) is 23.6 Å². The SMILES string of the molecule is CCOc1cc(Cc2cnc(N)nc2N)cc(OS(=O)(=O)N(C)C2CC2)c1-c1ccc(NC)cc1. The molecule has 0 amide bonds. The van der Waals surface area contributed by atoms with E-state index in [1.807, 2.05) is 44.3 Å². The molecule has 1 aliphatic carbocycles. The van der Waals surface area contributed by atoms with Crippen molar-refractivity contribution in [1.29, 1.82) is 0 Å². The number of benzene rings is 2. The number of aromatic nitrogens is 2. The minimum atomic E-state index is -4.03. The highest BCUT2D eigenvalue weighted by atomic mass is 32.2. The van der Waals surface area contributed by atoms with E-state index in [1.54, 1.807) is 12.3 Å². The Hall–Kier alpha value is -3.57. The average Bonchev–Trinajstić information content (AvgIpc) is 3.66. The number of ether oxygens (including phenoxy) is 1. The van der Waals surface area contributed by atoms with Crippen LogP contribution in [0.15, 0.2) is 42.6 Å². The maximum Gasteiger partial charge on any atom is 0.385 e. The zero-order chi connectivity index (χ0) is 25.2. The summed E-state index contributed by atoms with van der Waals surface area (Å²) in [4.78, 5) is 8.04. The first-order valence-corrected chi connectivity index (χ1v) is 12.7. The van der Waals surface area contributed by atoms with E-state index in [0.29, 0.717) is 29.9 Å². The molecule has 0 radical (unpaired) electrons. The van der Waals surface area contributed by atoms with Crippen molar-refractivity contribution >= 4 is 27.8 Å². The van der Waals surface area contributed by atoms with Gasteiger partial charge < -0.3 is 25.7 Å². The average molecular weight is 499 g/mol. The highest BCUT2D eigenvalue weighted by molar-refractivity contribution is 7.84. The van der Waals surface area contributed by atoms with E-state index in [9.17, 15) is 8.42 Å².